The smallest absolute Gasteiger partial charge is 0.287 e. The molecule has 0 saturated carbocycles. The van der Waals surface area contributed by atoms with Gasteiger partial charge in [0.2, 0.25) is 10.8 Å². The Morgan fingerprint density at radius 1 is 1.00 bits per heavy atom. The predicted molar refractivity (Wildman–Crippen MR) is 95.6 cm³/mol. The Labute approximate surface area is 157 Å². The largest absolute Gasteiger partial charge is 0.539 e. The first-order chi connectivity index (χ1) is 13.3. The number of aromatic nitrogens is 5. The fourth-order valence-corrected chi connectivity index (χ4v) is 3.65. The molecule has 5 rings (SSSR count). The van der Waals surface area contributed by atoms with E-state index in [4.69, 9.17) is 4.52 Å². The monoisotopic (exact) mass is 376 g/mol. The highest BCUT2D eigenvalue weighted by atomic mass is 32.2. The van der Waals surface area contributed by atoms with E-state index in [9.17, 15) is 5.11 Å². The molecule has 132 valence electrons. The van der Waals surface area contributed by atoms with Crippen LogP contribution in [-0.2, 0) is 0 Å². The molecular weight excluding hydrogens is 364 g/mol. The molecule has 0 fully saturated rings. The van der Waals surface area contributed by atoms with Gasteiger partial charge in [-0.15, -0.1) is 10.2 Å². The minimum absolute atomic E-state index is 0.298. The van der Waals surface area contributed by atoms with Crippen LogP contribution in [0.1, 0.15) is 5.69 Å². The van der Waals surface area contributed by atoms with Gasteiger partial charge in [-0.25, -0.2) is 0 Å². The van der Waals surface area contributed by atoms with E-state index < -0.39 is 5.95 Å². The number of hydrogen-bond donors (Lipinski definition) is 0. The number of fused-ring (bicyclic) bond motifs is 1. The van der Waals surface area contributed by atoms with Gasteiger partial charge < -0.3 is 9.63 Å². The molecule has 3 heterocycles. The Kier molecular flexibility index (Phi) is 3.72. The Morgan fingerprint density at radius 2 is 1.74 bits per heavy atom. The van der Waals surface area contributed by atoms with Crippen LogP contribution in [0.2, 0.25) is 0 Å². The van der Waals surface area contributed by atoms with E-state index in [2.05, 4.69) is 20.6 Å². The summed E-state index contributed by atoms with van der Waals surface area (Å²) in [6.07, 6.45) is 0. The lowest BCUT2D eigenvalue weighted by atomic mass is 10.2. The summed E-state index contributed by atoms with van der Waals surface area (Å²) in [6, 6.07) is 19.0. The van der Waals surface area contributed by atoms with E-state index in [-0.39, 0.29) is 0 Å². The molecule has 9 heteroatoms. The number of hydrogen-bond acceptors (Lipinski definition) is 7. The second-order valence-corrected chi connectivity index (χ2v) is 6.72. The first-order valence-electron chi connectivity index (χ1n) is 8.17. The van der Waals surface area contributed by atoms with Crippen molar-refractivity contribution in [2.45, 2.75) is 5.16 Å². The molecule has 0 radical (unpaired) electrons. The third-order valence-electron chi connectivity index (χ3n) is 4.09. The Bertz CT molecular complexity index is 1140. The minimum atomic E-state index is -0.531. The van der Waals surface area contributed by atoms with Gasteiger partial charge in [0, 0.05) is 17.7 Å². The number of benzene rings is 2. The zero-order chi connectivity index (χ0) is 18.2. The van der Waals surface area contributed by atoms with Gasteiger partial charge in [0.1, 0.15) is 5.71 Å². The summed E-state index contributed by atoms with van der Waals surface area (Å²) in [5, 5.41) is 30.0. The lowest BCUT2D eigenvalue weighted by Gasteiger charge is -2.11. The van der Waals surface area contributed by atoms with Crippen molar-refractivity contribution in [3.05, 3.63) is 66.4 Å². The van der Waals surface area contributed by atoms with Crippen LogP contribution in [-0.4, -0.2) is 31.6 Å². The second kappa shape index (κ2) is 6.36. The molecule has 0 unspecified atom stereocenters. The summed E-state index contributed by atoms with van der Waals surface area (Å²) in [4.78, 5) is 0. The quantitative estimate of drug-likeness (QED) is 0.505. The van der Waals surface area contributed by atoms with Gasteiger partial charge in [-0.1, -0.05) is 60.3 Å². The number of thioether (sulfide) groups is 1. The van der Waals surface area contributed by atoms with E-state index in [0.29, 0.717) is 28.1 Å². The SMILES string of the molecule is [O-]c1on[n+](-c2ccccc2)c1C1=Nn2c(nnc2-c2ccccc2)SC1. The molecule has 27 heavy (non-hydrogen) atoms. The summed E-state index contributed by atoms with van der Waals surface area (Å²) in [5.41, 5.74) is 2.47. The molecule has 1 aliphatic rings. The molecule has 1 aliphatic heterocycles. The molecule has 0 saturated heterocycles. The molecule has 4 aromatic rings. The van der Waals surface area contributed by atoms with Crippen LogP contribution in [0, 0.1) is 0 Å². The molecule has 0 bridgehead atoms. The van der Waals surface area contributed by atoms with Gasteiger partial charge in [0.15, 0.2) is 11.8 Å². The number of nitrogens with zero attached hydrogens (tertiary/aromatic N) is 6. The Morgan fingerprint density at radius 3 is 2.52 bits per heavy atom. The fourth-order valence-electron chi connectivity index (χ4n) is 2.84. The van der Waals surface area contributed by atoms with Crippen molar-refractivity contribution in [1.82, 2.24) is 20.1 Å². The van der Waals surface area contributed by atoms with Crippen LogP contribution >= 0.6 is 11.8 Å². The van der Waals surface area contributed by atoms with Gasteiger partial charge in [0.05, 0.1) is 11.0 Å². The number of rotatable bonds is 3. The van der Waals surface area contributed by atoms with Crippen molar-refractivity contribution < 1.29 is 14.3 Å². The summed E-state index contributed by atoms with van der Waals surface area (Å²) < 4.78 is 8.04. The first kappa shape index (κ1) is 15.8. The van der Waals surface area contributed by atoms with Crippen molar-refractivity contribution >= 4 is 17.5 Å². The number of para-hydroxylation sites is 1. The van der Waals surface area contributed by atoms with E-state index in [1.165, 1.54) is 16.4 Å². The summed E-state index contributed by atoms with van der Waals surface area (Å²) in [6.45, 7) is 0. The highest BCUT2D eigenvalue weighted by Gasteiger charge is 2.30. The molecule has 0 spiro atoms. The molecule has 0 N–H and O–H groups in total. The van der Waals surface area contributed by atoms with Crippen molar-refractivity contribution in [3.8, 4) is 23.0 Å². The normalized spacial score (nSPS) is 13.3. The average Bonchev–Trinajstić information content (AvgIpc) is 3.32. The lowest BCUT2D eigenvalue weighted by Crippen LogP contribution is -2.40. The predicted octanol–water partition coefficient (Wildman–Crippen LogP) is 1.64. The van der Waals surface area contributed by atoms with Crippen LogP contribution < -0.4 is 9.79 Å². The molecular formula is C18H12N6O2S. The van der Waals surface area contributed by atoms with Crippen LogP contribution in [0.4, 0.5) is 0 Å². The van der Waals surface area contributed by atoms with Gasteiger partial charge in [0.25, 0.3) is 5.69 Å². The summed E-state index contributed by atoms with van der Waals surface area (Å²) >= 11 is 1.46. The molecule has 0 aliphatic carbocycles. The maximum Gasteiger partial charge on any atom is 0.287 e. The van der Waals surface area contributed by atoms with E-state index in [0.717, 1.165) is 11.3 Å². The Balaban J connectivity index is 1.64. The van der Waals surface area contributed by atoms with Crippen molar-refractivity contribution in [2.24, 2.45) is 5.10 Å². The molecule has 2 aromatic heterocycles. The van der Waals surface area contributed by atoms with Gasteiger partial charge in [-0.3, -0.25) is 0 Å². The van der Waals surface area contributed by atoms with Crippen LogP contribution in [0.5, 0.6) is 5.95 Å². The second-order valence-electron chi connectivity index (χ2n) is 5.78. The topological polar surface area (TPSA) is 96.0 Å². The molecule has 0 amide bonds. The molecule has 8 nitrogen and oxygen atoms in total. The highest BCUT2D eigenvalue weighted by Crippen LogP contribution is 2.29. The highest BCUT2D eigenvalue weighted by molar-refractivity contribution is 7.99. The van der Waals surface area contributed by atoms with Crippen molar-refractivity contribution in [2.75, 3.05) is 5.75 Å². The lowest BCUT2D eigenvalue weighted by molar-refractivity contribution is -0.671. The fraction of sp³-hybridized carbons (Fsp3) is 0.0556. The van der Waals surface area contributed by atoms with Gasteiger partial charge in [-0.05, 0) is 4.68 Å². The average molecular weight is 376 g/mol. The summed E-state index contributed by atoms with van der Waals surface area (Å²) in [7, 11) is 0. The zero-order valence-electron chi connectivity index (χ0n) is 13.9. The van der Waals surface area contributed by atoms with Crippen LogP contribution in [0.15, 0.2) is 75.4 Å². The van der Waals surface area contributed by atoms with Crippen molar-refractivity contribution in [3.63, 3.8) is 0 Å². The molecule has 2 aromatic carbocycles. The van der Waals surface area contributed by atoms with Gasteiger partial charge in [-0.2, -0.15) is 9.78 Å². The van der Waals surface area contributed by atoms with Gasteiger partial charge >= 0.3 is 0 Å². The third kappa shape index (κ3) is 2.68. The third-order valence-corrected chi connectivity index (χ3v) is 5.02. The molecule has 0 atom stereocenters. The van der Waals surface area contributed by atoms with Crippen molar-refractivity contribution in [1.29, 1.82) is 0 Å². The van der Waals surface area contributed by atoms with Crippen LogP contribution in [0.3, 0.4) is 0 Å². The van der Waals surface area contributed by atoms with E-state index >= 15 is 0 Å². The minimum Gasteiger partial charge on any atom is -0.539 e. The van der Waals surface area contributed by atoms with E-state index in [1.54, 1.807) is 4.68 Å². The first-order valence-corrected chi connectivity index (χ1v) is 9.16. The van der Waals surface area contributed by atoms with E-state index in [1.807, 2.05) is 60.7 Å². The summed E-state index contributed by atoms with van der Waals surface area (Å²) in [5.74, 6) is 0.553. The maximum absolute atomic E-state index is 12.3. The Hall–Kier alpha value is -3.46. The zero-order valence-corrected chi connectivity index (χ0v) is 14.7. The maximum atomic E-state index is 12.3. The standard InChI is InChI=1S/C18H12N6O2S/c25-17-15(23(22-26-17)13-9-5-2-6-10-13)14-11-27-18-20-19-16(24(18)21-14)12-7-3-1-4-8-12/h1-10H,11H2. The van der Waals surface area contributed by atoms with Crippen LogP contribution in [0.25, 0.3) is 17.1 Å².